The molecule has 3 heterocycles. The summed E-state index contributed by atoms with van der Waals surface area (Å²) in [4.78, 5) is 6.71. The molecule has 4 heteroatoms. The van der Waals surface area contributed by atoms with E-state index in [-0.39, 0.29) is 12.1 Å². The van der Waals surface area contributed by atoms with Crippen molar-refractivity contribution in [1.29, 1.82) is 0 Å². The average Bonchev–Trinajstić information content (AvgIpc) is 3.11. The molecule has 4 nitrogen and oxygen atoms in total. The van der Waals surface area contributed by atoms with Gasteiger partial charge in [-0.25, -0.2) is 0 Å². The highest BCUT2D eigenvalue weighted by Gasteiger charge is 2.35. The Labute approximate surface area is 119 Å². The van der Waals surface area contributed by atoms with Gasteiger partial charge in [0.25, 0.3) is 0 Å². The molecule has 0 radical (unpaired) electrons. The smallest absolute Gasteiger partial charge is 0.122 e. The third-order valence-corrected chi connectivity index (χ3v) is 4.05. The first-order valence-corrected chi connectivity index (χ1v) is 7.22. The van der Waals surface area contributed by atoms with E-state index in [0.29, 0.717) is 6.04 Å². The van der Waals surface area contributed by atoms with E-state index in [2.05, 4.69) is 16.0 Å². The number of furan rings is 1. The van der Waals surface area contributed by atoms with Crippen LogP contribution in [0.1, 0.15) is 43.2 Å². The quantitative estimate of drug-likeness (QED) is 0.929. The Hall–Kier alpha value is -1.65. The molecule has 3 rings (SSSR count). The molecule has 1 aliphatic heterocycles. The van der Waals surface area contributed by atoms with Crippen molar-refractivity contribution < 1.29 is 4.42 Å². The lowest BCUT2D eigenvalue weighted by Crippen LogP contribution is -2.39. The van der Waals surface area contributed by atoms with Crippen LogP contribution in [0.25, 0.3) is 0 Å². The van der Waals surface area contributed by atoms with Gasteiger partial charge in [-0.3, -0.25) is 9.88 Å². The Bertz CT molecular complexity index is 524. The SMILES string of the molecule is CC(N)C(c1ccco1)N1CCCC1c1cccnc1. The van der Waals surface area contributed by atoms with E-state index in [0.717, 1.165) is 18.7 Å². The van der Waals surface area contributed by atoms with Crippen LogP contribution in [0.2, 0.25) is 0 Å². The predicted octanol–water partition coefficient (Wildman–Crippen LogP) is 2.90. The summed E-state index contributed by atoms with van der Waals surface area (Å²) in [6, 6.07) is 8.63. The monoisotopic (exact) mass is 271 g/mol. The Morgan fingerprint density at radius 2 is 2.30 bits per heavy atom. The number of aromatic nitrogens is 1. The Morgan fingerprint density at radius 1 is 1.40 bits per heavy atom. The van der Waals surface area contributed by atoms with Crippen LogP contribution in [0.3, 0.4) is 0 Å². The summed E-state index contributed by atoms with van der Waals surface area (Å²) in [5, 5.41) is 0. The van der Waals surface area contributed by atoms with Crippen LogP contribution in [-0.4, -0.2) is 22.5 Å². The molecular formula is C16H21N3O. The van der Waals surface area contributed by atoms with Crippen molar-refractivity contribution in [3.63, 3.8) is 0 Å². The summed E-state index contributed by atoms with van der Waals surface area (Å²) in [6.45, 7) is 3.10. The van der Waals surface area contributed by atoms with E-state index in [9.17, 15) is 0 Å². The van der Waals surface area contributed by atoms with Gasteiger partial charge in [-0.2, -0.15) is 0 Å². The number of nitrogens with two attached hydrogens (primary N) is 1. The van der Waals surface area contributed by atoms with Gasteiger partial charge in [-0.15, -0.1) is 0 Å². The first kappa shape index (κ1) is 13.3. The standard InChI is InChI=1S/C16H21N3O/c1-12(17)16(15-7-4-10-20-15)19-9-3-6-14(19)13-5-2-8-18-11-13/h2,4-5,7-8,10-12,14,16H,3,6,9,17H2,1H3. The summed E-state index contributed by atoms with van der Waals surface area (Å²) >= 11 is 0. The highest BCUT2D eigenvalue weighted by Crippen LogP contribution is 2.39. The molecule has 2 N–H and O–H groups in total. The number of nitrogens with zero attached hydrogens (tertiary/aromatic N) is 2. The molecule has 3 atom stereocenters. The topological polar surface area (TPSA) is 55.3 Å². The molecule has 1 fully saturated rings. The molecule has 0 amide bonds. The van der Waals surface area contributed by atoms with Crippen LogP contribution >= 0.6 is 0 Å². The summed E-state index contributed by atoms with van der Waals surface area (Å²) in [5.41, 5.74) is 7.50. The number of hydrogen-bond acceptors (Lipinski definition) is 4. The lowest BCUT2D eigenvalue weighted by molar-refractivity contribution is 0.140. The van der Waals surface area contributed by atoms with E-state index in [4.69, 9.17) is 10.2 Å². The van der Waals surface area contributed by atoms with E-state index < -0.39 is 0 Å². The highest BCUT2D eigenvalue weighted by atomic mass is 16.3. The number of rotatable bonds is 4. The van der Waals surface area contributed by atoms with Crippen molar-refractivity contribution in [2.24, 2.45) is 5.73 Å². The first-order valence-electron chi connectivity index (χ1n) is 7.22. The fourth-order valence-electron chi connectivity index (χ4n) is 3.24. The average molecular weight is 271 g/mol. The van der Waals surface area contributed by atoms with E-state index >= 15 is 0 Å². The van der Waals surface area contributed by atoms with Crippen LogP contribution in [0.4, 0.5) is 0 Å². The highest BCUT2D eigenvalue weighted by molar-refractivity contribution is 5.18. The van der Waals surface area contributed by atoms with Crippen LogP contribution in [0.15, 0.2) is 47.3 Å². The molecule has 2 aromatic rings. The second-order valence-electron chi connectivity index (χ2n) is 5.50. The molecule has 0 bridgehead atoms. The van der Waals surface area contributed by atoms with Gasteiger partial charge in [-0.1, -0.05) is 6.07 Å². The molecule has 1 aliphatic rings. The molecule has 0 aliphatic carbocycles. The molecule has 3 unspecified atom stereocenters. The second-order valence-corrected chi connectivity index (χ2v) is 5.50. The predicted molar refractivity (Wildman–Crippen MR) is 78.0 cm³/mol. The van der Waals surface area contributed by atoms with Gasteiger partial charge < -0.3 is 10.2 Å². The van der Waals surface area contributed by atoms with Gasteiger partial charge in [0.15, 0.2) is 0 Å². The van der Waals surface area contributed by atoms with Gasteiger partial charge >= 0.3 is 0 Å². The normalized spacial score (nSPS) is 22.8. The zero-order valence-electron chi connectivity index (χ0n) is 11.8. The summed E-state index contributed by atoms with van der Waals surface area (Å²) in [5.74, 6) is 0.954. The summed E-state index contributed by atoms with van der Waals surface area (Å²) < 4.78 is 5.62. The van der Waals surface area contributed by atoms with Crippen molar-refractivity contribution >= 4 is 0 Å². The van der Waals surface area contributed by atoms with E-state index in [1.807, 2.05) is 37.5 Å². The zero-order valence-corrected chi connectivity index (χ0v) is 11.8. The molecule has 0 aromatic carbocycles. The van der Waals surface area contributed by atoms with E-state index in [1.165, 1.54) is 12.0 Å². The van der Waals surface area contributed by atoms with Crippen molar-refractivity contribution in [3.05, 3.63) is 54.2 Å². The fourth-order valence-corrected chi connectivity index (χ4v) is 3.24. The van der Waals surface area contributed by atoms with Crippen molar-refractivity contribution in [3.8, 4) is 0 Å². The lowest BCUT2D eigenvalue weighted by atomic mass is 10.0. The molecule has 1 saturated heterocycles. The van der Waals surface area contributed by atoms with Crippen molar-refractivity contribution in [2.45, 2.75) is 37.9 Å². The van der Waals surface area contributed by atoms with Crippen molar-refractivity contribution in [1.82, 2.24) is 9.88 Å². The summed E-state index contributed by atoms with van der Waals surface area (Å²) in [7, 11) is 0. The Kier molecular flexibility index (Phi) is 3.85. The Balaban J connectivity index is 1.90. The molecular weight excluding hydrogens is 250 g/mol. The largest absolute Gasteiger partial charge is 0.468 e. The maximum atomic E-state index is 6.23. The minimum absolute atomic E-state index is 0.0263. The maximum absolute atomic E-state index is 6.23. The van der Waals surface area contributed by atoms with Gasteiger partial charge in [0, 0.05) is 24.5 Å². The summed E-state index contributed by atoms with van der Waals surface area (Å²) in [6.07, 6.45) is 7.83. The van der Waals surface area contributed by atoms with Crippen LogP contribution in [0.5, 0.6) is 0 Å². The minimum Gasteiger partial charge on any atom is -0.468 e. The molecule has 0 spiro atoms. The molecule has 0 saturated carbocycles. The Morgan fingerprint density at radius 3 is 2.95 bits per heavy atom. The van der Waals surface area contributed by atoms with Gasteiger partial charge in [0.05, 0.1) is 12.3 Å². The fraction of sp³-hybridized carbons (Fsp3) is 0.438. The third-order valence-electron chi connectivity index (χ3n) is 4.05. The van der Waals surface area contributed by atoms with Crippen LogP contribution < -0.4 is 5.73 Å². The van der Waals surface area contributed by atoms with Crippen LogP contribution in [-0.2, 0) is 0 Å². The van der Waals surface area contributed by atoms with Crippen molar-refractivity contribution in [2.75, 3.05) is 6.54 Å². The molecule has 2 aromatic heterocycles. The van der Waals surface area contributed by atoms with Crippen LogP contribution in [0, 0.1) is 0 Å². The van der Waals surface area contributed by atoms with E-state index in [1.54, 1.807) is 6.26 Å². The second kappa shape index (κ2) is 5.77. The first-order chi connectivity index (χ1) is 9.77. The van der Waals surface area contributed by atoms with Gasteiger partial charge in [0.2, 0.25) is 0 Å². The lowest BCUT2D eigenvalue weighted by Gasteiger charge is -2.34. The number of pyridine rings is 1. The minimum atomic E-state index is 0.0263. The van der Waals surface area contributed by atoms with Gasteiger partial charge in [0.1, 0.15) is 5.76 Å². The number of hydrogen-bond donors (Lipinski definition) is 1. The molecule has 106 valence electrons. The third kappa shape index (κ3) is 2.49. The zero-order chi connectivity index (χ0) is 13.9. The molecule has 20 heavy (non-hydrogen) atoms. The number of likely N-dealkylation sites (tertiary alicyclic amines) is 1. The van der Waals surface area contributed by atoms with Gasteiger partial charge in [-0.05, 0) is 50.1 Å². The maximum Gasteiger partial charge on any atom is 0.122 e.